The molecule has 0 unspecified atom stereocenters. The number of halogens is 1. The molecule has 1 aromatic carbocycles. The van der Waals surface area contributed by atoms with Gasteiger partial charge in [-0.15, -0.1) is 6.58 Å². The molecule has 0 aliphatic rings. The Morgan fingerprint density at radius 1 is 1.30 bits per heavy atom. The Labute approximate surface area is 136 Å². The lowest BCUT2D eigenvalue weighted by Gasteiger charge is -2.11. The molecule has 0 atom stereocenters. The van der Waals surface area contributed by atoms with E-state index in [1.54, 1.807) is 18.2 Å². The van der Waals surface area contributed by atoms with Crippen LogP contribution >= 0.6 is 0 Å². The molecule has 0 bridgehead atoms. The van der Waals surface area contributed by atoms with E-state index in [0.717, 1.165) is 23.2 Å². The van der Waals surface area contributed by atoms with Crippen molar-refractivity contribution in [2.45, 2.75) is 40.3 Å². The van der Waals surface area contributed by atoms with Crippen LogP contribution in [0.2, 0.25) is 0 Å². The van der Waals surface area contributed by atoms with Crippen LogP contribution in [0.3, 0.4) is 0 Å². The zero-order valence-electron chi connectivity index (χ0n) is 13.9. The lowest BCUT2D eigenvalue weighted by atomic mass is 10.1. The van der Waals surface area contributed by atoms with Gasteiger partial charge in [0.05, 0.1) is 0 Å². The summed E-state index contributed by atoms with van der Waals surface area (Å²) in [4.78, 5) is 12.6. The molecule has 0 aliphatic carbocycles. The minimum absolute atomic E-state index is 0.114. The minimum atomic E-state index is -0.279. The third kappa shape index (κ3) is 3.52. The number of nitrogens with one attached hydrogen (secondary N) is 1. The highest BCUT2D eigenvalue weighted by Gasteiger charge is 2.20. The monoisotopic (exact) mass is 314 g/mol. The summed E-state index contributed by atoms with van der Waals surface area (Å²) in [6.45, 7) is 10.9. The predicted octanol–water partition coefficient (Wildman–Crippen LogP) is 3.92. The van der Waals surface area contributed by atoms with Crippen LogP contribution in [0.25, 0.3) is 0 Å². The van der Waals surface area contributed by atoms with Gasteiger partial charge in [0.1, 0.15) is 11.5 Å². The highest BCUT2D eigenvalue weighted by molar-refractivity contribution is 5.95. The SMILES string of the molecule is C=CCn1c(C)c(CC)c(C)c1C(=O)NCc1ccc(F)cc1. The molecule has 2 aromatic rings. The van der Waals surface area contributed by atoms with Crippen molar-refractivity contribution in [2.24, 2.45) is 0 Å². The summed E-state index contributed by atoms with van der Waals surface area (Å²) < 4.78 is 14.9. The molecule has 122 valence electrons. The summed E-state index contributed by atoms with van der Waals surface area (Å²) >= 11 is 0. The number of amides is 1. The largest absolute Gasteiger partial charge is 0.347 e. The number of nitrogens with zero attached hydrogens (tertiary/aromatic N) is 1. The molecule has 0 saturated carbocycles. The molecule has 23 heavy (non-hydrogen) atoms. The fourth-order valence-corrected chi connectivity index (χ4v) is 2.99. The molecule has 0 aliphatic heterocycles. The van der Waals surface area contributed by atoms with Gasteiger partial charge in [0, 0.05) is 18.8 Å². The van der Waals surface area contributed by atoms with E-state index in [4.69, 9.17) is 0 Å². The molecule has 3 nitrogen and oxygen atoms in total. The maximum absolute atomic E-state index is 12.9. The van der Waals surface area contributed by atoms with Gasteiger partial charge >= 0.3 is 0 Å². The number of carbonyl (C=O) groups excluding carboxylic acids is 1. The number of rotatable bonds is 6. The summed E-state index contributed by atoms with van der Waals surface area (Å²) in [6.07, 6.45) is 2.68. The van der Waals surface area contributed by atoms with E-state index >= 15 is 0 Å². The van der Waals surface area contributed by atoms with Gasteiger partial charge in [-0.1, -0.05) is 25.1 Å². The summed E-state index contributed by atoms with van der Waals surface area (Å²) in [7, 11) is 0. The lowest BCUT2D eigenvalue weighted by Crippen LogP contribution is -2.26. The number of aromatic nitrogens is 1. The molecule has 0 saturated heterocycles. The summed E-state index contributed by atoms with van der Waals surface area (Å²) in [5, 5.41) is 2.92. The Morgan fingerprint density at radius 2 is 1.96 bits per heavy atom. The first-order chi connectivity index (χ1) is 11.0. The molecule has 0 fully saturated rings. The van der Waals surface area contributed by atoms with E-state index in [9.17, 15) is 9.18 Å². The zero-order chi connectivity index (χ0) is 17.0. The van der Waals surface area contributed by atoms with Crippen molar-refractivity contribution in [1.82, 2.24) is 9.88 Å². The minimum Gasteiger partial charge on any atom is -0.347 e. The topological polar surface area (TPSA) is 34.0 Å². The summed E-state index contributed by atoms with van der Waals surface area (Å²) in [5.41, 5.74) is 4.88. The second-order valence-corrected chi connectivity index (χ2v) is 5.60. The Bertz CT molecular complexity index is 714. The van der Waals surface area contributed by atoms with Gasteiger partial charge < -0.3 is 9.88 Å². The van der Waals surface area contributed by atoms with Crippen LogP contribution in [0.15, 0.2) is 36.9 Å². The highest BCUT2D eigenvalue weighted by Crippen LogP contribution is 2.23. The molecular formula is C19H23FN2O. The summed E-state index contributed by atoms with van der Waals surface area (Å²) in [6, 6.07) is 6.14. The zero-order valence-corrected chi connectivity index (χ0v) is 13.9. The van der Waals surface area contributed by atoms with Crippen LogP contribution in [0.4, 0.5) is 4.39 Å². The van der Waals surface area contributed by atoms with Crippen LogP contribution in [0, 0.1) is 19.7 Å². The first kappa shape index (κ1) is 17.0. The molecular weight excluding hydrogens is 291 g/mol. The molecule has 0 radical (unpaired) electrons. The van der Waals surface area contributed by atoms with E-state index < -0.39 is 0 Å². The summed E-state index contributed by atoms with van der Waals surface area (Å²) in [5.74, 6) is -0.393. The van der Waals surface area contributed by atoms with E-state index in [1.807, 2.05) is 18.4 Å². The Morgan fingerprint density at radius 3 is 2.52 bits per heavy atom. The Kier molecular flexibility index (Phi) is 5.37. The van der Waals surface area contributed by atoms with E-state index in [-0.39, 0.29) is 11.7 Å². The predicted molar refractivity (Wildman–Crippen MR) is 91.1 cm³/mol. The number of carbonyl (C=O) groups is 1. The van der Waals surface area contributed by atoms with E-state index in [2.05, 4.69) is 18.8 Å². The molecule has 1 heterocycles. The third-order valence-electron chi connectivity index (χ3n) is 4.17. The number of allylic oxidation sites excluding steroid dienone is 1. The number of benzene rings is 1. The highest BCUT2D eigenvalue weighted by atomic mass is 19.1. The average molecular weight is 314 g/mol. The van der Waals surface area contributed by atoms with Crippen molar-refractivity contribution in [3.63, 3.8) is 0 Å². The Hall–Kier alpha value is -2.36. The van der Waals surface area contributed by atoms with Crippen LogP contribution in [-0.2, 0) is 19.5 Å². The first-order valence-electron chi connectivity index (χ1n) is 7.81. The molecule has 4 heteroatoms. The van der Waals surface area contributed by atoms with Gasteiger partial charge in [-0.2, -0.15) is 0 Å². The van der Waals surface area contributed by atoms with Gasteiger partial charge in [0.2, 0.25) is 0 Å². The van der Waals surface area contributed by atoms with Crippen molar-refractivity contribution in [3.8, 4) is 0 Å². The fourth-order valence-electron chi connectivity index (χ4n) is 2.99. The normalized spacial score (nSPS) is 10.6. The number of hydrogen-bond acceptors (Lipinski definition) is 1. The van der Waals surface area contributed by atoms with Gasteiger partial charge in [0.25, 0.3) is 5.91 Å². The van der Waals surface area contributed by atoms with Crippen molar-refractivity contribution in [2.75, 3.05) is 0 Å². The molecule has 1 N–H and O–H groups in total. The van der Waals surface area contributed by atoms with Crippen molar-refractivity contribution in [1.29, 1.82) is 0 Å². The van der Waals surface area contributed by atoms with E-state index in [0.29, 0.717) is 18.8 Å². The maximum Gasteiger partial charge on any atom is 0.268 e. The molecule has 1 amide bonds. The van der Waals surface area contributed by atoms with Crippen LogP contribution in [0.5, 0.6) is 0 Å². The van der Waals surface area contributed by atoms with Gasteiger partial charge in [-0.05, 0) is 49.1 Å². The average Bonchev–Trinajstić information content (AvgIpc) is 2.77. The van der Waals surface area contributed by atoms with Crippen LogP contribution in [-0.4, -0.2) is 10.5 Å². The van der Waals surface area contributed by atoms with E-state index in [1.165, 1.54) is 17.7 Å². The standard InChI is InChI=1S/C19H23FN2O/c1-5-11-22-14(4)17(6-2)13(3)18(22)19(23)21-12-15-7-9-16(20)10-8-15/h5,7-10H,1,6,11-12H2,2-4H3,(H,21,23). The molecule has 0 spiro atoms. The van der Waals surface area contributed by atoms with Crippen molar-refractivity contribution < 1.29 is 9.18 Å². The fraction of sp³-hybridized carbons (Fsp3) is 0.316. The second-order valence-electron chi connectivity index (χ2n) is 5.60. The van der Waals surface area contributed by atoms with Crippen molar-refractivity contribution >= 4 is 5.91 Å². The van der Waals surface area contributed by atoms with Crippen molar-refractivity contribution in [3.05, 3.63) is 70.8 Å². The van der Waals surface area contributed by atoms with Crippen LogP contribution in [0.1, 0.15) is 39.8 Å². The molecule has 1 aromatic heterocycles. The smallest absolute Gasteiger partial charge is 0.268 e. The Balaban J connectivity index is 2.24. The quantitative estimate of drug-likeness (QED) is 0.806. The lowest BCUT2D eigenvalue weighted by molar-refractivity contribution is 0.0941. The third-order valence-corrected chi connectivity index (χ3v) is 4.17. The van der Waals surface area contributed by atoms with Gasteiger partial charge in [-0.25, -0.2) is 4.39 Å². The van der Waals surface area contributed by atoms with Gasteiger partial charge in [-0.3, -0.25) is 4.79 Å². The molecule has 2 rings (SSSR count). The second kappa shape index (κ2) is 7.27. The number of hydrogen-bond donors (Lipinski definition) is 1. The van der Waals surface area contributed by atoms with Crippen LogP contribution < -0.4 is 5.32 Å². The van der Waals surface area contributed by atoms with Gasteiger partial charge in [0.15, 0.2) is 0 Å². The maximum atomic E-state index is 12.9. The first-order valence-corrected chi connectivity index (χ1v) is 7.81.